The summed E-state index contributed by atoms with van der Waals surface area (Å²) in [6, 6.07) is -1.69. The van der Waals surface area contributed by atoms with Crippen molar-refractivity contribution >= 4 is 30.1 Å². The molecule has 1 saturated carbocycles. The Labute approximate surface area is 295 Å². The van der Waals surface area contributed by atoms with Crippen LogP contribution in [-0.4, -0.2) is 108 Å². The Morgan fingerprint density at radius 2 is 1.78 bits per heavy atom. The van der Waals surface area contributed by atoms with Crippen LogP contribution in [0.5, 0.6) is 0 Å². The Morgan fingerprint density at radius 3 is 2.36 bits per heavy atom. The number of hydrogen-bond acceptors (Lipinski definition) is 12. The summed E-state index contributed by atoms with van der Waals surface area (Å²) >= 11 is 0. The van der Waals surface area contributed by atoms with Gasteiger partial charge in [-0.2, -0.15) is 0 Å². The van der Waals surface area contributed by atoms with Gasteiger partial charge in [0, 0.05) is 13.5 Å². The van der Waals surface area contributed by atoms with E-state index in [1.54, 1.807) is 61.5 Å². The smallest absolute Gasteiger partial charge is 0.408 e. The van der Waals surface area contributed by atoms with E-state index in [1.807, 2.05) is 0 Å². The van der Waals surface area contributed by atoms with Crippen LogP contribution >= 0.6 is 0 Å². The van der Waals surface area contributed by atoms with Crippen LogP contribution in [0.25, 0.3) is 0 Å². The number of aliphatic hydroxyl groups excluding tert-OH is 2. The van der Waals surface area contributed by atoms with Gasteiger partial charge >= 0.3 is 12.1 Å². The van der Waals surface area contributed by atoms with Gasteiger partial charge in [-0.25, -0.2) is 14.6 Å². The zero-order valence-corrected chi connectivity index (χ0v) is 31.0. The molecule has 3 aliphatic rings. The minimum absolute atomic E-state index is 0.0834. The van der Waals surface area contributed by atoms with Crippen molar-refractivity contribution in [1.82, 2.24) is 16.0 Å². The van der Waals surface area contributed by atoms with Gasteiger partial charge in [-0.15, -0.1) is 0 Å². The Balaban J connectivity index is 1.79. The third-order valence-electron chi connectivity index (χ3n) is 9.15. The average molecular weight is 710 g/mol. The molecule has 2 unspecified atom stereocenters. The van der Waals surface area contributed by atoms with Crippen LogP contribution in [0.4, 0.5) is 4.79 Å². The summed E-state index contributed by atoms with van der Waals surface area (Å²) in [4.78, 5) is 43.2. The van der Waals surface area contributed by atoms with Gasteiger partial charge in [0.25, 0.3) is 5.91 Å². The van der Waals surface area contributed by atoms with Crippen LogP contribution in [0.2, 0.25) is 0 Å². The number of ether oxygens (including phenoxy) is 5. The fourth-order valence-corrected chi connectivity index (χ4v) is 6.15. The van der Waals surface area contributed by atoms with Gasteiger partial charge in [0.2, 0.25) is 0 Å². The second-order valence-corrected chi connectivity index (χ2v) is 15.9. The summed E-state index contributed by atoms with van der Waals surface area (Å²) < 4.78 is 28.7. The van der Waals surface area contributed by atoms with Gasteiger partial charge in [0.1, 0.15) is 41.9 Å². The zero-order chi connectivity index (χ0) is 37.4. The number of nitrogens with one attached hydrogen (secondary N) is 4. The molecule has 284 valence electrons. The van der Waals surface area contributed by atoms with Crippen molar-refractivity contribution < 1.29 is 48.3 Å². The number of nitrogens with zero attached hydrogens (tertiary/aromatic N) is 1. The molecule has 2 fully saturated rings. The van der Waals surface area contributed by atoms with Crippen LogP contribution < -0.4 is 16.0 Å². The minimum atomic E-state index is -1.35. The average Bonchev–Trinajstić information content (AvgIpc) is 3.62. The summed E-state index contributed by atoms with van der Waals surface area (Å²) in [5.74, 6) is -0.847. The molecule has 2 aliphatic heterocycles. The quantitative estimate of drug-likeness (QED) is 0.0708. The molecule has 2 amide bonds. The Hall–Kier alpha value is -3.11. The molecule has 1 aliphatic carbocycles. The zero-order valence-electron chi connectivity index (χ0n) is 31.0. The molecule has 0 aromatic carbocycles. The Kier molecular flexibility index (Phi) is 14.4. The first kappa shape index (κ1) is 41.3. The predicted octanol–water partition coefficient (Wildman–Crippen LogP) is 3.06. The molecule has 0 bridgehead atoms. The van der Waals surface area contributed by atoms with Gasteiger partial charge in [0.15, 0.2) is 18.2 Å². The monoisotopic (exact) mass is 709 g/mol. The molecule has 0 radical (unpaired) electrons. The fraction of sp³-hybridized carbons (Fsp3) is 0.800. The minimum Gasteiger partial charge on any atom is -0.455 e. The SMILES string of the molecule is COC(C)(C)C(=O)NC(=NC=N)C1=CCC([C@@H]2O[C@H](COC(O)CC3CCCCC3)[C@@H](OC(=O)[C@@H](NC(=O)OC(C)(C)C)C(C)(C)C)[C@H]2O)N1. The summed E-state index contributed by atoms with van der Waals surface area (Å²) in [5, 5.41) is 38.4. The van der Waals surface area contributed by atoms with Gasteiger partial charge in [-0.3, -0.25) is 10.2 Å². The van der Waals surface area contributed by atoms with Crippen LogP contribution in [0.15, 0.2) is 16.8 Å². The van der Waals surface area contributed by atoms with Crippen molar-refractivity contribution in [2.75, 3.05) is 13.7 Å². The third kappa shape index (κ3) is 11.7. The normalized spacial score (nSPS) is 26.3. The first-order chi connectivity index (χ1) is 23.3. The van der Waals surface area contributed by atoms with Crippen molar-refractivity contribution in [2.45, 2.75) is 154 Å². The number of hydrogen-bond donors (Lipinski definition) is 6. The van der Waals surface area contributed by atoms with Crippen molar-refractivity contribution in [3.8, 4) is 0 Å². The molecule has 15 nitrogen and oxygen atoms in total. The third-order valence-corrected chi connectivity index (χ3v) is 9.15. The van der Waals surface area contributed by atoms with Crippen LogP contribution in [0.1, 0.15) is 100 Å². The van der Waals surface area contributed by atoms with E-state index in [4.69, 9.17) is 29.1 Å². The van der Waals surface area contributed by atoms with E-state index in [0.717, 1.165) is 32.0 Å². The lowest BCUT2D eigenvalue weighted by Crippen LogP contribution is -2.53. The maximum atomic E-state index is 13.7. The van der Waals surface area contributed by atoms with Crippen molar-refractivity contribution in [3.63, 3.8) is 0 Å². The van der Waals surface area contributed by atoms with E-state index in [2.05, 4.69) is 20.9 Å². The lowest BCUT2D eigenvalue weighted by Gasteiger charge is -2.32. The fourth-order valence-electron chi connectivity index (χ4n) is 6.15. The van der Waals surface area contributed by atoms with E-state index in [0.29, 0.717) is 24.5 Å². The van der Waals surface area contributed by atoms with Gasteiger partial charge in [-0.05, 0) is 52.4 Å². The maximum absolute atomic E-state index is 13.7. The number of carbonyl (C=O) groups is 3. The Morgan fingerprint density at radius 1 is 1.12 bits per heavy atom. The molecule has 6 N–H and O–H groups in total. The Bertz CT molecular complexity index is 1250. The lowest BCUT2D eigenvalue weighted by molar-refractivity contribution is -0.170. The van der Waals surface area contributed by atoms with Crippen molar-refractivity contribution in [2.24, 2.45) is 16.3 Å². The summed E-state index contributed by atoms with van der Waals surface area (Å²) in [6.45, 7) is 13.4. The highest BCUT2D eigenvalue weighted by atomic mass is 16.6. The van der Waals surface area contributed by atoms with Crippen LogP contribution in [0, 0.1) is 16.7 Å². The lowest BCUT2D eigenvalue weighted by atomic mass is 9.86. The number of aliphatic imine (C=N–C) groups is 1. The van der Waals surface area contributed by atoms with Crippen LogP contribution in [-0.2, 0) is 33.3 Å². The molecule has 0 spiro atoms. The molecular weight excluding hydrogens is 650 g/mol. The molecule has 0 aromatic rings. The summed E-state index contributed by atoms with van der Waals surface area (Å²) in [6.07, 6.45) is 2.50. The highest BCUT2D eigenvalue weighted by Gasteiger charge is 2.51. The van der Waals surface area contributed by atoms with Gasteiger partial charge in [-0.1, -0.05) is 59.0 Å². The molecular formula is C35H59N5O10. The topological polar surface area (TPSA) is 210 Å². The van der Waals surface area contributed by atoms with E-state index >= 15 is 0 Å². The predicted molar refractivity (Wildman–Crippen MR) is 185 cm³/mol. The largest absolute Gasteiger partial charge is 0.455 e. The molecule has 15 heteroatoms. The summed E-state index contributed by atoms with van der Waals surface area (Å²) in [5.41, 5.74) is -2.35. The molecule has 50 heavy (non-hydrogen) atoms. The molecule has 2 heterocycles. The number of alkyl carbamates (subject to hydrolysis) is 1. The second kappa shape index (κ2) is 17.4. The first-order valence-electron chi connectivity index (χ1n) is 17.5. The number of rotatable bonds is 13. The molecule has 3 rings (SSSR count). The van der Waals surface area contributed by atoms with E-state index in [1.165, 1.54) is 13.5 Å². The van der Waals surface area contributed by atoms with Crippen molar-refractivity contribution in [1.29, 1.82) is 5.41 Å². The van der Waals surface area contributed by atoms with Gasteiger partial charge < -0.3 is 49.8 Å². The van der Waals surface area contributed by atoms with E-state index < -0.39 is 77.4 Å². The second-order valence-electron chi connectivity index (χ2n) is 15.9. The molecule has 1 saturated heterocycles. The number of methoxy groups -OCH3 is 1. The molecule has 0 aromatic heterocycles. The first-order valence-corrected chi connectivity index (χ1v) is 17.5. The van der Waals surface area contributed by atoms with Gasteiger partial charge in [0.05, 0.1) is 18.3 Å². The number of carbonyl (C=O) groups excluding carboxylic acids is 3. The highest BCUT2D eigenvalue weighted by Crippen LogP contribution is 2.33. The van der Waals surface area contributed by atoms with Crippen molar-refractivity contribution in [3.05, 3.63) is 11.8 Å². The maximum Gasteiger partial charge on any atom is 0.408 e. The molecule has 7 atom stereocenters. The standard InChI is InChI=1S/C35H59N5O10/c1-33(2,3)28(39-32(45)50-34(4,5)6)30(43)49-27-23(18-47-24(41)17-20-13-11-10-12-14-20)48-26(25(27)42)21-15-16-22(38-21)29(37-19-36)40-31(44)35(7,8)46-9/h16,19-21,23-28,38,41-42H,10-15,17-18H2,1-9H3,(H,39,45)(H2,36,37,40,44)/t21?,23-,24?,25+,26+,27-,28-/m1/s1. The number of aliphatic hydroxyl groups is 2. The number of amides is 2. The summed E-state index contributed by atoms with van der Waals surface area (Å²) in [7, 11) is 1.41. The number of amidine groups is 1. The van der Waals surface area contributed by atoms with E-state index in [9.17, 15) is 24.6 Å². The van der Waals surface area contributed by atoms with E-state index in [-0.39, 0.29) is 12.4 Å². The van der Waals surface area contributed by atoms with Crippen LogP contribution in [0.3, 0.4) is 0 Å². The number of esters is 1. The highest BCUT2D eigenvalue weighted by molar-refractivity contribution is 6.11.